The minimum atomic E-state index is -0.893. The van der Waals surface area contributed by atoms with Gasteiger partial charge in [-0.05, 0) is 47.0 Å². The first-order chi connectivity index (χ1) is 8.66. The predicted octanol–water partition coefficient (Wildman–Crippen LogP) is 3.34. The van der Waals surface area contributed by atoms with Crippen LogP contribution in [0, 0.1) is 0 Å². The second-order valence-corrected chi connectivity index (χ2v) is 6.42. The van der Waals surface area contributed by atoms with Crippen molar-refractivity contribution in [1.29, 1.82) is 0 Å². The monoisotopic (exact) mass is 279 g/mol. The Morgan fingerprint density at radius 2 is 2.00 bits per heavy atom. The largest absolute Gasteiger partial charge is 0.306 e. The van der Waals surface area contributed by atoms with Crippen LogP contribution in [0.15, 0.2) is 46.0 Å². The molecule has 2 aromatic rings. The number of nitrogens with one attached hydrogen (secondary N) is 1. The number of rotatable bonds is 5. The second-order valence-electron chi connectivity index (χ2n) is 4.26. The van der Waals surface area contributed by atoms with Gasteiger partial charge < -0.3 is 5.32 Å². The molecule has 0 radical (unpaired) electrons. The zero-order valence-corrected chi connectivity index (χ0v) is 12.2. The number of thiophene rings is 1. The highest BCUT2D eigenvalue weighted by atomic mass is 32.2. The van der Waals surface area contributed by atoms with Gasteiger partial charge in [-0.15, -0.1) is 0 Å². The summed E-state index contributed by atoms with van der Waals surface area (Å²) in [6, 6.07) is 10.4. The molecule has 0 aliphatic carbocycles. The molecule has 2 rings (SSSR count). The lowest BCUT2D eigenvalue weighted by atomic mass is 10.1. The van der Waals surface area contributed by atoms with Gasteiger partial charge in [0, 0.05) is 34.5 Å². The molecule has 0 saturated carbocycles. The van der Waals surface area contributed by atoms with Gasteiger partial charge >= 0.3 is 0 Å². The molecule has 0 saturated heterocycles. The van der Waals surface area contributed by atoms with Gasteiger partial charge in [-0.25, -0.2) is 0 Å². The normalized spacial score (nSPS) is 14.3. The Labute approximate surface area is 115 Å². The number of benzene rings is 1. The summed E-state index contributed by atoms with van der Waals surface area (Å²) in [4.78, 5) is 0.879. The van der Waals surface area contributed by atoms with Gasteiger partial charge in [0.15, 0.2) is 0 Å². The van der Waals surface area contributed by atoms with Crippen LogP contribution < -0.4 is 5.32 Å². The van der Waals surface area contributed by atoms with E-state index in [-0.39, 0.29) is 0 Å². The third kappa shape index (κ3) is 3.51. The van der Waals surface area contributed by atoms with Gasteiger partial charge in [0.25, 0.3) is 0 Å². The molecular formula is C14H17NOS2. The lowest BCUT2D eigenvalue weighted by Gasteiger charge is -2.12. The minimum Gasteiger partial charge on any atom is -0.306 e. The van der Waals surface area contributed by atoms with Crippen LogP contribution >= 0.6 is 11.3 Å². The highest BCUT2D eigenvalue weighted by Gasteiger charge is 2.05. The molecule has 2 unspecified atom stereocenters. The van der Waals surface area contributed by atoms with Crippen LogP contribution in [0.5, 0.6) is 0 Å². The predicted molar refractivity (Wildman–Crippen MR) is 78.3 cm³/mol. The van der Waals surface area contributed by atoms with Crippen molar-refractivity contribution in [3.8, 4) is 0 Å². The fourth-order valence-electron chi connectivity index (χ4n) is 1.71. The summed E-state index contributed by atoms with van der Waals surface area (Å²) in [7, 11) is -0.893. The third-order valence-corrected chi connectivity index (χ3v) is 4.55. The van der Waals surface area contributed by atoms with E-state index in [0.717, 1.165) is 11.4 Å². The molecule has 0 fully saturated rings. The fraction of sp³-hybridized carbons (Fsp3) is 0.286. The maximum Gasteiger partial charge on any atom is 0.0498 e. The first-order valence-electron chi connectivity index (χ1n) is 5.84. The van der Waals surface area contributed by atoms with Crippen molar-refractivity contribution in [2.75, 3.05) is 6.26 Å². The van der Waals surface area contributed by atoms with Crippen LogP contribution in [0.3, 0.4) is 0 Å². The average Bonchev–Trinajstić information content (AvgIpc) is 2.90. The van der Waals surface area contributed by atoms with E-state index in [4.69, 9.17) is 0 Å². The summed E-state index contributed by atoms with van der Waals surface area (Å²) in [5.41, 5.74) is 2.54. The van der Waals surface area contributed by atoms with E-state index in [2.05, 4.69) is 29.1 Å². The highest BCUT2D eigenvalue weighted by molar-refractivity contribution is 7.84. The Balaban J connectivity index is 1.92. The second kappa shape index (κ2) is 6.27. The zero-order valence-electron chi connectivity index (χ0n) is 10.6. The minimum absolute atomic E-state index is 0.358. The van der Waals surface area contributed by atoms with Crippen LogP contribution in [0.2, 0.25) is 0 Å². The number of hydrogen-bond donors (Lipinski definition) is 1. The highest BCUT2D eigenvalue weighted by Crippen LogP contribution is 2.16. The summed E-state index contributed by atoms with van der Waals surface area (Å²) in [5, 5.41) is 7.74. The molecule has 18 heavy (non-hydrogen) atoms. The first kappa shape index (κ1) is 13.5. The van der Waals surface area contributed by atoms with Crippen LogP contribution in [0.25, 0.3) is 0 Å². The van der Waals surface area contributed by atoms with Crippen LogP contribution in [0.1, 0.15) is 24.1 Å². The van der Waals surface area contributed by atoms with E-state index in [0.29, 0.717) is 6.04 Å². The summed E-state index contributed by atoms with van der Waals surface area (Å²) in [6.07, 6.45) is 1.70. The Kier molecular flexibility index (Phi) is 4.69. The molecule has 2 atom stereocenters. The quantitative estimate of drug-likeness (QED) is 0.909. The molecule has 2 nitrogen and oxygen atoms in total. The Morgan fingerprint density at radius 1 is 1.28 bits per heavy atom. The maximum absolute atomic E-state index is 11.3. The smallest absolute Gasteiger partial charge is 0.0498 e. The van der Waals surface area contributed by atoms with E-state index in [1.54, 1.807) is 17.6 Å². The third-order valence-electron chi connectivity index (χ3n) is 2.91. The molecule has 4 heteroatoms. The maximum atomic E-state index is 11.3. The van der Waals surface area contributed by atoms with E-state index >= 15 is 0 Å². The van der Waals surface area contributed by atoms with Crippen LogP contribution in [-0.2, 0) is 17.3 Å². The number of hydrogen-bond acceptors (Lipinski definition) is 3. The van der Waals surface area contributed by atoms with E-state index in [1.165, 1.54) is 11.1 Å². The van der Waals surface area contributed by atoms with Crippen LogP contribution in [-0.4, -0.2) is 10.5 Å². The van der Waals surface area contributed by atoms with Crippen molar-refractivity contribution >= 4 is 22.1 Å². The molecule has 0 bridgehead atoms. The average molecular weight is 279 g/mol. The van der Waals surface area contributed by atoms with Gasteiger partial charge in [-0.3, -0.25) is 4.21 Å². The van der Waals surface area contributed by atoms with Crippen molar-refractivity contribution in [1.82, 2.24) is 5.32 Å². The van der Waals surface area contributed by atoms with Gasteiger partial charge in [-0.2, -0.15) is 11.3 Å². The molecule has 0 aliphatic heterocycles. The molecular weight excluding hydrogens is 262 g/mol. The van der Waals surface area contributed by atoms with Gasteiger partial charge in [0.2, 0.25) is 0 Å². The Morgan fingerprint density at radius 3 is 2.56 bits per heavy atom. The van der Waals surface area contributed by atoms with Crippen molar-refractivity contribution in [3.05, 3.63) is 52.2 Å². The Bertz CT molecular complexity index is 505. The molecule has 1 N–H and O–H groups in total. The Hall–Kier alpha value is -0.970. The van der Waals surface area contributed by atoms with Crippen LogP contribution in [0.4, 0.5) is 0 Å². The lowest BCUT2D eigenvalue weighted by Crippen LogP contribution is -2.17. The molecule has 0 aliphatic rings. The summed E-state index contributed by atoms with van der Waals surface area (Å²) in [6.45, 7) is 2.99. The van der Waals surface area contributed by atoms with Gasteiger partial charge in [0.05, 0.1) is 0 Å². The molecule has 1 heterocycles. The first-order valence-corrected chi connectivity index (χ1v) is 8.35. The van der Waals surface area contributed by atoms with E-state index < -0.39 is 10.8 Å². The van der Waals surface area contributed by atoms with Gasteiger partial charge in [0.1, 0.15) is 0 Å². The fourth-order valence-corrected chi connectivity index (χ4v) is 2.98. The molecule has 96 valence electrons. The van der Waals surface area contributed by atoms with Crippen molar-refractivity contribution < 1.29 is 4.21 Å². The SMILES string of the molecule is CC(NCc1ccc(S(C)=O)cc1)c1ccsc1. The standard InChI is InChI=1S/C14H17NOS2/c1-11(13-7-8-17-10-13)15-9-12-3-5-14(6-4-12)18(2)16/h3-8,10-11,15H,9H2,1-2H3. The summed E-state index contributed by atoms with van der Waals surface area (Å²) < 4.78 is 11.3. The van der Waals surface area contributed by atoms with Crippen molar-refractivity contribution in [3.63, 3.8) is 0 Å². The van der Waals surface area contributed by atoms with Crippen molar-refractivity contribution in [2.24, 2.45) is 0 Å². The van der Waals surface area contributed by atoms with E-state index in [9.17, 15) is 4.21 Å². The van der Waals surface area contributed by atoms with Crippen molar-refractivity contribution in [2.45, 2.75) is 24.4 Å². The van der Waals surface area contributed by atoms with Gasteiger partial charge in [-0.1, -0.05) is 12.1 Å². The zero-order chi connectivity index (χ0) is 13.0. The summed E-state index contributed by atoms with van der Waals surface area (Å²) >= 11 is 1.72. The molecule has 0 spiro atoms. The lowest BCUT2D eigenvalue weighted by molar-refractivity contribution is 0.576. The van der Waals surface area contributed by atoms with E-state index in [1.807, 2.05) is 24.3 Å². The molecule has 1 aromatic carbocycles. The molecule has 0 amide bonds. The summed E-state index contributed by atoms with van der Waals surface area (Å²) in [5.74, 6) is 0. The molecule has 1 aromatic heterocycles. The topological polar surface area (TPSA) is 29.1 Å².